The van der Waals surface area contributed by atoms with Crippen LogP contribution in [-0.4, -0.2) is 31.3 Å². The maximum absolute atomic E-state index is 12.1. The van der Waals surface area contributed by atoms with Crippen molar-refractivity contribution in [1.82, 2.24) is 0 Å². The Labute approximate surface area is 137 Å². The lowest BCUT2D eigenvalue weighted by atomic mass is 10.1. The number of aryl methyl sites for hydroxylation is 1. The molecule has 0 saturated carbocycles. The number of methoxy groups -OCH3 is 1. The van der Waals surface area contributed by atoms with E-state index >= 15 is 0 Å². The Balaban J connectivity index is 2.70. The molecule has 128 valence electrons. The summed E-state index contributed by atoms with van der Waals surface area (Å²) in [6.07, 6.45) is 0.203. The first-order valence-corrected chi connectivity index (χ1v) is 7.65. The van der Waals surface area contributed by atoms with Gasteiger partial charge in [0.05, 0.1) is 13.7 Å². The first-order valence-electron chi connectivity index (χ1n) is 7.65. The summed E-state index contributed by atoms with van der Waals surface area (Å²) in [5.41, 5.74) is 1.51. The molecule has 1 aromatic rings. The number of benzene rings is 1. The van der Waals surface area contributed by atoms with Gasteiger partial charge in [-0.1, -0.05) is 12.1 Å². The third-order valence-corrected chi connectivity index (χ3v) is 3.40. The topological polar surface area (TPSA) is 61.8 Å². The maximum atomic E-state index is 12.1. The Morgan fingerprint density at radius 1 is 1.13 bits per heavy atom. The summed E-state index contributed by atoms with van der Waals surface area (Å²) in [7, 11) is 1.26. The molecular formula is C18H26O5. The van der Waals surface area contributed by atoms with E-state index in [9.17, 15) is 9.59 Å². The zero-order chi connectivity index (χ0) is 17.6. The predicted octanol–water partition coefficient (Wildman–Crippen LogP) is 3.20. The number of rotatable bonds is 6. The SMILES string of the molecule is COC(=O)C(CCOc1cccc(C)c1C)C(=O)OC(C)(C)C. The fourth-order valence-electron chi connectivity index (χ4n) is 2.01. The van der Waals surface area contributed by atoms with Gasteiger partial charge in [-0.3, -0.25) is 9.59 Å². The van der Waals surface area contributed by atoms with Gasteiger partial charge >= 0.3 is 11.9 Å². The van der Waals surface area contributed by atoms with Crippen LogP contribution in [0.5, 0.6) is 5.75 Å². The molecule has 1 unspecified atom stereocenters. The number of esters is 2. The van der Waals surface area contributed by atoms with Crippen LogP contribution in [0.4, 0.5) is 0 Å². The largest absolute Gasteiger partial charge is 0.493 e. The lowest BCUT2D eigenvalue weighted by molar-refractivity contribution is -0.168. The van der Waals surface area contributed by atoms with E-state index in [0.29, 0.717) is 0 Å². The third kappa shape index (κ3) is 5.93. The van der Waals surface area contributed by atoms with Crippen LogP contribution in [0.1, 0.15) is 38.3 Å². The molecule has 0 radical (unpaired) electrons. The molecule has 5 nitrogen and oxygen atoms in total. The van der Waals surface area contributed by atoms with Crippen LogP contribution in [0.3, 0.4) is 0 Å². The summed E-state index contributed by atoms with van der Waals surface area (Å²) in [6, 6.07) is 5.77. The smallest absolute Gasteiger partial charge is 0.320 e. The second-order valence-electron chi connectivity index (χ2n) is 6.44. The average molecular weight is 322 g/mol. The molecule has 0 aromatic heterocycles. The van der Waals surface area contributed by atoms with Gasteiger partial charge in [0.1, 0.15) is 11.4 Å². The maximum Gasteiger partial charge on any atom is 0.320 e. The fourth-order valence-corrected chi connectivity index (χ4v) is 2.01. The predicted molar refractivity (Wildman–Crippen MR) is 87.4 cm³/mol. The van der Waals surface area contributed by atoms with Crippen LogP contribution in [0.15, 0.2) is 18.2 Å². The standard InChI is InChI=1S/C18H26O5/c1-12-8-7-9-15(13(12)2)22-11-10-14(16(19)21-6)17(20)23-18(3,4)5/h7-9,14H,10-11H2,1-6H3. The summed E-state index contributed by atoms with van der Waals surface area (Å²) in [4.78, 5) is 24.0. The Kier molecular flexibility index (Phi) is 6.61. The van der Waals surface area contributed by atoms with E-state index in [2.05, 4.69) is 0 Å². The molecule has 23 heavy (non-hydrogen) atoms. The van der Waals surface area contributed by atoms with E-state index in [1.807, 2.05) is 32.0 Å². The van der Waals surface area contributed by atoms with E-state index in [4.69, 9.17) is 14.2 Å². The molecule has 0 aliphatic heterocycles. The van der Waals surface area contributed by atoms with Gasteiger partial charge in [0.25, 0.3) is 0 Å². The Bertz CT molecular complexity index is 557. The summed E-state index contributed by atoms with van der Waals surface area (Å²) >= 11 is 0. The lowest BCUT2D eigenvalue weighted by Crippen LogP contribution is -2.34. The number of ether oxygens (including phenoxy) is 3. The highest BCUT2D eigenvalue weighted by molar-refractivity contribution is 5.95. The van der Waals surface area contributed by atoms with E-state index in [0.717, 1.165) is 16.9 Å². The molecule has 5 heteroatoms. The van der Waals surface area contributed by atoms with Crippen molar-refractivity contribution in [2.45, 2.75) is 46.6 Å². The second kappa shape index (κ2) is 7.99. The minimum atomic E-state index is -0.982. The number of hydrogen-bond donors (Lipinski definition) is 0. The lowest BCUT2D eigenvalue weighted by Gasteiger charge is -2.23. The van der Waals surface area contributed by atoms with Crippen LogP contribution in [0.2, 0.25) is 0 Å². The van der Waals surface area contributed by atoms with Gasteiger partial charge in [0.2, 0.25) is 0 Å². The van der Waals surface area contributed by atoms with Gasteiger partial charge in [0.15, 0.2) is 5.92 Å². The molecule has 0 heterocycles. The quantitative estimate of drug-likeness (QED) is 0.594. The minimum Gasteiger partial charge on any atom is -0.493 e. The van der Waals surface area contributed by atoms with Crippen molar-refractivity contribution < 1.29 is 23.8 Å². The molecular weight excluding hydrogens is 296 g/mol. The van der Waals surface area contributed by atoms with Gasteiger partial charge in [-0.15, -0.1) is 0 Å². The van der Waals surface area contributed by atoms with Crippen LogP contribution < -0.4 is 4.74 Å². The highest BCUT2D eigenvalue weighted by atomic mass is 16.6. The minimum absolute atomic E-state index is 0.203. The van der Waals surface area contributed by atoms with Crippen LogP contribution in [0.25, 0.3) is 0 Å². The summed E-state index contributed by atoms with van der Waals surface area (Å²) in [6.45, 7) is 9.46. The molecule has 1 rings (SSSR count). The highest BCUT2D eigenvalue weighted by Crippen LogP contribution is 2.22. The Hall–Kier alpha value is -2.04. The van der Waals surface area contributed by atoms with Crippen molar-refractivity contribution in [2.75, 3.05) is 13.7 Å². The van der Waals surface area contributed by atoms with Crippen LogP contribution in [0, 0.1) is 19.8 Å². The van der Waals surface area contributed by atoms with Crippen molar-refractivity contribution in [3.63, 3.8) is 0 Å². The van der Waals surface area contributed by atoms with Crippen LogP contribution >= 0.6 is 0 Å². The van der Waals surface area contributed by atoms with E-state index in [-0.39, 0.29) is 13.0 Å². The average Bonchev–Trinajstić information content (AvgIpc) is 2.45. The van der Waals surface area contributed by atoms with Gasteiger partial charge in [-0.2, -0.15) is 0 Å². The molecule has 0 aliphatic rings. The monoisotopic (exact) mass is 322 g/mol. The molecule has 0 N–H and O–H groups in total. The molecule has 0 aliphatic carbocycles. The summed E-state index contributed by atoms with van der Waals surface area (Å²) in [5, 5.41) is 0. The van der Waals surface area contributed by atoms with E-state index in [1.165, 1.54) is 7.11 Å². The third-order valence-electron chi connectivity index (χ3n) is 3.40. The van der Waals surface area contributed by atoms with Gasteiger partial charge in [-0.05, 0) is 51.8 Å². The van der Waals surface area contributed by atoms with Crippen molar-refractivity contribution in [3.05, 3.63) is 29.3 Å². The molecule has 1 atom stereocenters. The Morgan fingerprint density at radius 2 is 1.78 bits per heavy atom. The molecule has 0 saturated heterocycles. The summed E-state index contributed by atoms with van der Waals surface area (Å²) < 4.78 is 15.7. The zero-order valence-electron chi connectivity index (χ0n) is 14.8. The van der Waals surface area contributed by atoms with Gasteiger partial charge in [0, 0.05) is 6.42 Å². The Morgan fingerprint density at radius 3 is 2.35 bits per heavy atom. The van der Waals surface area contributed by atoms with Gasteiger partial charge in [-0.25, -0.2) is 0 Å². The van der Waals surface area contributed by atoms with Crippen molar-refractivity contribution in [2.24, 2.45) is 5.92 Å². The van der Waals surface area contributed by atoms with E-state index < -0.39 is 23.5 Å². The first-order chi connectivity index (χ1) is 10.7. The zero-order valence-corrected chi connectivity index (χ0v) is 14.8. The molecule has 0 fully saturated rings. The number of carbonyl (C=O) groups is 2. The number of carbonyl (C=O) groups excluding carboxylic acids is 2. The second-order valence-corrected chi connectivity index (χ2v) is 6.44. The van der Waals surface area contributed by atoms with Crippen molar-refractivity contribution in [3.8, 4) is 5.75 Å². The fraction of sp³-hybridized carbons (Fsp3) is 0.556. The van der Waals surface area contributed by atoms with E-state index in [1.54, 1.807) is 20.8 Å². The normalized spacial score (nSPS) is 12.4. The number of hydrogen-bond acceptors (Lipinski definition) is 5. The molecule has 0 bridgehead atoms. The van der Waals surface area contributed by atoms with Crippen molar-refractivity contribution in [1.29, 1.82) is 0 Å². The summed E-state index contributed by atoms with van der Waals surface area (Å²) in [5.74, 6) is -1.43. The first kappa shape index (κ1) is 19.0. The highest BCUT2D eigenvalue weighted by Gasteiger charge is 2.32. The molecule has 0 spiro atoms. The van der Waals surface area contributed by atoms with Crippen LogP contribution in [-0.2, 0) is 19.1 Å². The molecule has 1 aromatic carbocycles. The van der Waals surface area contributed by atoms with Gasteiger partial charge < -0.3 is 14.2 Å². The van der Waals surface area contributed by atoms with Crippen molar-refractivity contribution >= 4 is 11.9 Å². The molecule has 0 amide bonds.